The summed E-state index contributed by atoms with van der Waals surface area (Å²) in [7, 11) is 1.59. The topological polar surface area (TPSA) is 89.1 Å². The summed E-state index contributed by atoms with van der Waals surface area (Å²) in [6.45, 7) is 7.76. The molecule has 1 aliphatic rings. The maximum atomic E-state index is 11.9. The Morgan fingerprint density at radius 2 is 1.83 bits per heavy atom. The van der Waals surface area contributed by atoms with Crippen LogP contribution in [0.3, 0.4) is 0 Å². The van der Waals surface area contributed by atoms with Gasteiger partial charge in [-0.25, -0.2) is 9.59 Å². The van der Waals surface area contributed by atoms with E-state index >= 15 is 0 Å². The molecule has 0 aromatic carbocycles. The Hall–Kier alpha value is -1.54. The van der Waals surface area contributed by atoms with Crippen molar-refractivity contribution in [1.29, 1.82) is 0 Å². The number of methoxy groups -OCH3 is 1. The highest BCUT2D eigenvalue weighted by Gasteiger charge is 2.27. The molecule has 0 atom stereocenters. The zero-order valence-corrected chi connectivity index (χ0v) is 14.5. The van der Waals surface area contributed by atoms with Crippen LogP contribution in [0.5, 0.6) is 0 Å². The van der Waals surface area contributed by atoms with Gasteiger partial charge in [-0.15, -0.1) is 0 Å². The van der Waals surface area contributed by atoms with Gasteiger partial charge in [0.15, 0.2) is 0 Å². The number of urea groups is 1. The van der Waals surface area contributed by atoms with E-state index in [1.54, 1.807) is 12.0 Å². The monoisotopic (exact) mass is 331 g/mol. The first-order valence-corrected chi connectivity index (χ1v) is 7.91. The van der Waals surface area contributed by atoms with Crippen molar-refractivity contribution in [3.63, 3.8) is 0 Å². The maximum Gasteiger partial charge on any atom is 0.410 e. The highest BCUT2D eigenvalue weighted by atomic mass is 16.6. The molecule has 2 N–H and O–H groups in total. The third-order valence-electron chi connectivity index (χ3n) is 3.25. The van der Waals surface area contributed by atoms with Crippen molar-refractivity contribution in [3.05, 3.63) is 0 Å². The molecule has 1 heterocycles. The molecular formula is C15H29N3O5. The Kier molecular flexibility index (Phi) is 8.11. The van der Waals surface area contributed by atoms with E-state index in [1.807, 2.05) is 20.8 Å². The number of nitrogens with zero attached hydrogens (tertiary/aromatic N) is 1. The number of carbonyl (C=O) groups is 2. The van der Waals surface area contributed by atoms with E-state index < -0.39 is 5.60 Å². The zero-order valence-electron chi connectivity index (χ0n) is 14.5. The zero-order chi connectivity index (χ0) is 17.3. The average molecular weight is 331 g/mol. The lowest BCUT2D eigenvalue weighted by Gasteiger charge is -2.33. The number of ether oxygens (including phenoxy) is 3. The first-order chi connectivity index (χ1) is 10.8. The number of nitrogens with one attached hydrogen (secondary N) is 2. The molecule has 0 radical (unpaired) electrons. The van der Waals surface area contributed by atoms with Crippen molar-refractivity contribution >= 4 is 12.1 Å². The second-order valence-corrected chi connectivity index (χ2v) is 6.44. The minimum atomic E-state index is -0.491. The van der Waals surface area contributed by atoms with Gasteiger partial charge in [0.1, 0.15) is 12.3 Å². The molecule has 3 amide bonds. The fraction of sp³-hybridized carbons (Fsp3) is 0.867. The molecule has 1 aliphatic heterocycles. The normalized spacial score (nSPS) is 16.1. The number of rotatable bonds is 6. The fourth-order valence-corrected chi connectivity index (χ4v) is 2.10. The first kappa shape index (κ1) is 19.5. The minimum absolute atomic E-state index is 0.0488. The summed E-state index contributed by atoms with van der Waals surface area (Å²) in [5.74, 6) is 0. The van der Waals surface area contributed by atoms with E-state index in [1.165, 1.54) is 0 Å². The van der Waals surface area contributed by atoms with Crippen LogP contribution in [-0.2, 0) is 14.2 Å². The molecule has 134 valence electrons. The lowest BCUT2D eigenvalue weighted by Crippen LogP contribution is -2.50. The molecular weight excluding hydrogens is 302 g/mol. The van der Waals surface area contributed by atoms with Gasteiger partial charge in [-0.3, -0.25) is 0 Å². The average Bonchev–Trinajstić information content (AvgIpc) is 2.46. The highest BCUT2D eigenvalue weighted by molar-refractivity contribution is 5.74. The van der Waals surface area contributed by atoms with E-state index in [0.717, 1.165) is 0 Å². The van der Waals surface area contributed by atoms with Crippen molar-refractivity contribution in [2.75, 3.05) is 40.1 Å². The third-order valence-corrected chi connectivity index (χ3v) is 3.25. The Morgan fingerprint density at radius 3 is 2.39 bits per heavy atom. The summed E-state index contributed by atoms with van der Waals surface area (Å²) in [5.41, 5.74) is -0.491. The molecule has 0 saturated carbocycles. The van der Waals surface area contributed by atoms with Crippen LogP contribution in [0.2, 0.25) is 0 Å². The van der Waals surface area contributed by atoms with Gasteiger partial charge in [-0.05, 0) is 33.6 Å². The van der Waals surface area contributed by atoms with Crippen molar-refractivity contribution in [2.24, 2.45) is 0 Å². The molecule has 0 spiro atoms. The van der Waals surface area contributed by atoms with Crippen LogP contribution in [0, 0.1) is 0 Å². The van der Waals surface area contributed by atoms with Crippen LogP contribution < -0.4 is 10.6 Å². The summed E-state index contributed by atoms with van der Waals surface area (Å²) in [5, 5.41) is 5.50. The van der Waals surface area contributed by atoms with Gasteiger partial charge in [0.2, 0.25) is 0 Å². The molecule has 1 saturated heterocycles. The van der Waals surface area contributed by atoms with Crippen LogP contribution in [0.25, 0.3) is 0 Å². The lowest BCUT2D eigenvalue weighted by atomic mass is 10.1. The van der Waals surface area contributed by atoms with Gasteiger partial charge >= 0.3 is 12.1 Å². The van der Waals surface area contributed by atoms with E-state index in [-0.39, 0.29) is 24.9 Å². The number of piperidine rings is 1. The van der Waals surface area contributed by atoms with E-state index in [0.29, 0.717) is 39.1 Å². The quantitative estimate of drug-likeness (QED) is 0.566. The van der Waals surface area contributed by atoms with Gasteiger partial charge in [-0.1, -0.05) is 0 Å². The summed E-state index contributed by atoms with van der Waals surface area (Å²) in [4.78, 5) is 25.3. The molecule has 1 rings (SSSR count). The van der Waals surface area contributed by atoms with Crippen molar-refractivity contribution in [2.45, 2.75) is 45.3 Å². The fourth-order valence-electron chi connectivity index (χ4n) is 2.10. The summed E-state index contributed by atoms with van der Waals surface area (Å²) < 4.78 is 15.3. The molecule has 0 aromatic rings. The molecule has 8 nitrogen and oxygen atoms in total. The Bertz CT molecular complexity index is 376. The number of likely N-dealkylation sites (tertiary alicyclic amines) is 1. The second-order valence-electron chi connectivity index (χ2n) is 6.44. The van der Waals surface area contributed by atoms with Gasteiger partial charge in [0.05, 0.1) is 13.2 Å². The minimum Gasteiger partial charge on any atom is -0.444 e. The molecule has 23 heavy (non-hydrogen) atoms. The third kappa shape index (κ3) is 8.61. The molecule has 0 aromatic heterocycles. The number of hydrogen-bond donors (Lipinski definition) is 2. The summed E-state index contributed by atoms with van der Waals surface area (Å²) in [6.07, 6.45) is 1.11. The van der Waals surface area contributed by atoms with Gasteiger partial charge in [0, 0.05) is 26.2 Å². The van der Waals surface area contributed by atoms with Crippen LogP contribution in [0.1, 0.15) is 33.6 Å². The highest BCUT2D eigenvalue weighted by Crippen LogP contribution is 2.15. The van der Waals surface area contributed by atoms with Crippen LogP contribution in [-0.4, -0.2) is 68.8 Å². The van der Waals surface area contributed by atoms with E-state index in [4.69, 9.17) is 14.2 Å². The lowest BCUT2D eigenvalue weighted by molar-refractivity contribution is 0.0201. The van der Waals surface area contributed by atoms with Crippen LogP contribution >= 0.6 is 0 Å². The van der Waals surface area contributed by atoms with E-state index in [9.17, 15) is 9.59 Å². The molecule has 1 fully saturated rings. The van der Waals surface area contributed by atoms with Crippen molar-refractivity contribution in [1.82, 2.24) is 15.5 Å². The largest absolute Gasteiger partial charge is 0.444 e. The maximum absolute atomic E-state index is 11.9. The predicted molar refractivity (Wildman–Crippen MR) is 85.2 cm³/mol. The summed E-state index contributed by atoms with van der Waals surface area (Å²) >= 11 is 0. The Morgan fingerprint density at radius 1 is 1.17 bits per heavy atom. The predicted octanol–water partition coefficient (Wildman–Crippen LogP) is 1.31. The van der Waals surface area contributed by atoms with E-state index in [2.05, 4.69) is 10.6 Å². The second kappa shape index (κ2) is 9.57. The number of hydrogen-bond acceptors (Lipinski definition) is 5. The molecule has 0 bridgehead atoms. The molecule has 8 heteroatoms. The SMILES string of the molecule is COCCOCNC(=O)NC1CCN(C(=O)OC(C)(C)C)CC1. The Labute approximate surface area is 137 Å². The molecule has 0 aliphatic carbocycles. The summed E-state index contributed by atoms with van der Waals surface area (Å²) in [6, 6.07) is -0.217. The van der Waals surface area contributed by atoms with Crippen molar-refractivity contribution in [3.8, 4) is 0 Å². The first-order valence-electron chi connectivity index (χ1n) is 7.91. The molecule has 0 unspecified atom stereocenters. The number of amides is 3. The van der Waals surface area contributed by atoms with Crippen molar-refractivity contribution < 1.29 is 23.8 Å². The van der Waals surface area contributed by atoms with Gasteiger partial charge in [0.25, 0.3) is 0 Å². The van der Waals surface area contributed by atoms with Gasteiger partial charge < -0.3 is 29.7 Å². The Balaban J connectivity index is 2.18. The van der Waals surface area contributed by atoms with Crippen LogP contribution in [0.4, 0.5) is 9.59 Å². The standard InChI is InChI=1S/C15H29N3O5/c1-15(2,3)23-14(20)18-7-5-12(6-8-18)17-13(19)16-11-22-10-9-21-4/h12H,5-11H2,1-4H3,(H2,16,17,19). The van der Waals surface area contributed by atoms with Gasteiger partial charge in [-0.2, -0.15) is 0 Å². The number of carbonyl (C=O) groups excluding carboxylic acids is 2. The van der Waals surface area contributed by atoms with Crippen LogP contribution in [0.15, 0.2) is 0 Å². The smallest absolute Gasteiger partial charge is 0.410 e.